The number of aromatic hydroxyl groups is 1. The van der Waals surface area contributed by atoms with Crippen LogP contribution in [0.2, 0.25) is 5.02 Å². The third-order valence-electron chi connectivity index (χ3n) is 3.09. The van der Waals surface area contributed by atoms with Gasteiger partial charge in [0.15, 0.2) is 0 Å². The average Bonchev–Trinajstić information content (AvgIpc) is 2.59. The molecule has 0 bridgehead atoms. The Labute approximate surface area is 148 Å². The summed E-state index contributed by atoms with van der Waals surface area (Å²) in [4.78, 5) is 14.4. The molecule has 25 heavy (non-hydrogen) atoms. The molecule has 0 aliphatic heterocycles. The first-order valence-electron chi connectivity index (χ1n) is 7.30. The van der Waals surface area contributed by atoms with Crippen LogP contribution >= 0.6 is 11.6 Å². The lowest BCUT2D eigenvalue weighted by molar-refractivity contribution is -0.384. The van der Waals surface area contributed by atoms with Gasteiger partial charge >= 0.3 is 0 Å². The summed E-state index contributed by atoms with van der Waals surface area (Å²) < 4.78 is 0. The molecule has 0 fully saturated rings. The van der Waals surface area contributed by atoms with Crippen molar-refractivity contribution in [3.05, 3.63) is 57.1 Å². The van der Waals surface area contributed by atoms with Gasteiger partial charge in [0.2, 0.25) is 0 Å². The Bertz CT molecular complexity index is 824. The van der Waals surface area contributed by atoms with E-state index in [1.54, 1.807) is 12.1 Å². The summed E-state index contributed by atoms with van der Waals surface area (Å²) in [7, 11) is 0. The summed E-state index contributed by atoms with van der Waals surface area (Å²) in [6.07, 6.45) is 2.02. The van der Waals surface area contributed by atoms with E-state index in [0.29, 0.717) is 24.2 Å². The number of nitro benzene ring substituents is 1. The highest BCUT2D eigenvalue weighted by Crippen LogP contribution is 2.30. The molecule has 0 heterocycles. The van der Waals surface area contributed by atoms with E-state index in [1.807, 2.05) is 0 Å². The van der Waals surface area contributed by atoms with Gasteiger partial charge in [-0.15, -0.1) is 0 Å². The van der Waals surface area contributed by atoms with Gasteiger partial charge in [0.25, 0.3) is 5.69 Å². The van der Waals surface area contributed by atoms with E-state index in [9.17, 15) is 15.2 Å². The molecule has 0 aliphatic rings. The zero-order valence-corrected chi connectivity index (χ0v) is 13.8. The summed E-state index contributed by atoms with van der Waals surface area (Å²) in [6, 6.07) is 8.69. The third kappa shape index (κ3) is 5.33. The molecule has 0 spiro atoms. The molecule has 2 N–H and O–H groups in total. The van der Waals surface area contributed by atoms with Gasteiger partial charge in [-0.1, -0.05) is 11.6 Å². The minimum Gasteiger partial charge on any atom is -0.507 e. The summed E-state index contributed by atoms with van der Waals surface area (Å²) in [5.41, 5.74) is 0.929. The van der Waals surface area contributed by atoms with Crippen LogP contribution in [0, 0.1) is 10.1 Å². The number of phenols is 1. The molecule has 8 nitrogen and oxygen atoms in total. The van der Waals surface area contributed by atoms with Crippen molar-refractivity contribution in [2.45, 2.75) is 6.42 Å². The van der Waals surface area contributed by atoms with E-state index in [4.69, 9.17) is 16.7 Å². The number of aliphatic imine (C=N–C) groups is 1. The van der Waals surface area contributed by atoms with Gasteiger partial charge in [-0.3, -0.25) is 15.1 Å². The molecule has 0 atom stereocenters. The quantitative estimate of drug-likeness (QED) is 0.252. The number of aliphatic hydroxyl groups is 1. The van der Waals surface area contributed by atoms with Crippen molar-refractivity contribution in [1.82, 2.24) is 0 Å². The summed E-state index contributed by atoms with van der Waals surface area (Å²) in [5, 5.41) is 37.3. The van der Waals surface area contributed by atoms with Crippen LogP contribution in [0.3, 0.4) is 0 Å². The molecule has 2 rings (SSSR count). The van der Waals surface area contributed by atoms with E-state index in [-0.39, 0.29) is 28.8 Å². The molecule has 2 aromatic rings. The topological polar surface area (TPSA) is 121 Å². The van der Waals surface area contributed by atoms with Crippen LogP contribution in [0.15, 0.2) is 51.6 Å². The van der Waals surface area contributed by atoms with Crippen LogP contribution in [0.5, 0.6) is 5.75 Å². The van der Waals surface area contributed by atoms with Crippen molar-refractivity contribution < 1.29 is 15.1 Å². The van der Waals surface area contributed by atoms with Crippen molar-refractivity contribution >= 4 is 34.9 Å². The number of phenolic OH excluding ortho intramolecular Hbond substituents is 1. The van der Waals surface area contributed by atoms with Crippen molar-refractivity contribution in [3.8, 4) is 5.75 Å². The molecule has 0 saturated heterocycles. The van der Waals surface area contributed by atoms with E-state index in [2.05, 4.69) is 15.2 Å². The second-order valence-corrected chi connectivity index (χ2v) is 5.36. The average molecular weight is 363 g/mol. The zero-order chi connectivity index (χ0) is 18.2. The second kappa shape index (κ2) is 8.86. The molecule has 0 saturated carbocycles. The number of nitrogens with zero attached hydrogens (tertiary/aromatic N) is 4. The molecule has 0 unspecified atom stereocenters. The monoisotopic (exact) mass is 362 g/mol. The van der Waals surface area contributed by atoms with Crippen molar-refractivity contribution in [2.75, 3.05) is 13.2 Å². The molecule has 0 aromatic heterocycles. The van der Waals surface area contributed by atoms with Crippen LogP contribution < -0.4 is 0 Å². The number of hydrogen-bond donors (Lipinski definition) is 2. The van der Waals surface area contributed by atoms with E-state index in [1.165, 1.54) is 30.5 Å². The number of hydrogen-bond acceptors (Lipinski definition) is 7. The fourth-order valence-electron chi connectivity index (χ4n) is 1.85. The molecule has 2 aromatic carbocycles. The van der Waals surface area contributed by atoms with Crippen molar-refractivity contribution in [1.29, 1.82) is 0 Å². The fraction of sp³-hybridized carbons (Fsp3) is 0.188. The number of benzene rings is 2. The smallest absolute Gasteiger partial charge is 0.290 e. The van der Waals surface area contributed by atoms with Crippen molar-refractivity contribution in [3.63, 3.8) is 0 Å². The number of azo groups is 1. The number of rotatable bonds is 7. The number of nitro groups is 1. The van der Waals surface area contributed by atoms with Gasteiger partial charge in [-0.25, -0.2) is 0 Å². The Balaban J connectivity index is 2.20. The maximum absolute atomic E-state index is 10.9. The normalized spacial score (nSPS) is 11.4. The lowest BCUT2D eigenvalue weighted by Crippen LogP contribution is -1.89. The Morgan fingerprint density at radius 2 is 1.84 bits per heavy atom. The first kappa shape index (κ1) is 18.5. The highest BCUT2D eigenvalue weighted by atomic mass is 35.5. The van der Waals surface area contributed by atoms with E-state index in [0.717, 1.165) is 0 Å². The zero-order valence-electron chi connectivity index (χ0n) is 13.0. The Hall–Kier alpha value is -2.84. The van der Waals surface area contributed by atoms with Gasteiger partial charge < -0.3 is 10.2 Å². The SMILES string of the molecule is O=[N+]([O-])c1cc(N=Nc2ccc(O)c(C=NCCCO)c2)ccc1Cl. The molecular weight excluding hydrogens is 348 g/mol. The standard InChI is InChI=1S/C16H15ClN4O4/c17-14-4-2-13(9-15(14)21(24)25)20-19-12-3-5-16(23)11(8-12)10-18-6-1-7-22/h2-5,8-10,22-23H,1,6-7H2. The number of halogens is 1. The van der Waals surface area contributed by atoms with E-state index >= 15 is 0 Å². The van der Waals surface area contributed by atoms with Crippen LogP contribution in [-0.4, -0.2) is 34.5 Å². The first-order chi connectivity index (χ1) is 12.0. The van der Waals surface area contributed by atoms with Crippen LogP contribution in [0.4, 0.5) is 17.1 Å². The molecule has 0 amide bonds. The van der Waals surface area contributed by atoms with E-state index < -0.39 is 4.92 Å². The second-order valence-electron chi connectivity index (χ2n) is 4.95. The lowest BCUT2D eigenvalue weighted by atomic mass is 10.2. The predicted octanol–water partition coefficient (Wildman–Crippen LogP) is 4.17. The predicted molar refractivity (Wildman–Crippen MR) is 94.6 cm³/mol. The summed E-state index contributed by atoms with van der Waals surface area (Å²) >= 11 is 5.75. The van der Waals surface area contributed by atoms with Gasteiger partial charge in [0, 0.05) is 31.0 Å². The van der Waals surface area contributed by atoms with Crippen LogP contribution in [0.1, 0.15) is 12.0 Å². The fourth-order valence-corrected chi connectivity index (χ4v) is 2.04. The molecule has 9 heteroatoms. The van der Waals surface area contributed by atoms with Gasteiger partial charge in [0.05, 0.1) is 16.3 Å². The molecule has 0 aliphatic carbocycles. The highest BCUT2D eigenvalue weighted by molar-refractivity contribution is 6.32. The van der Waals surface area contributed by atoms with Crippen molar-refractivity contribution in [2.24, 2.45) is 15.2 Å². The first-order valence-corrected chi connectivity index (χ1v) is 7.68. The number of aliphatic hydroxyl groups excluding tert-OH is 1. The van der Waals surface area contributed by atoms with Crippen LogP contribution in [-0.2, 0) is 0 Å². The minimum absolute atomic E-state index is 0.0231. The molecular formula is C16H15ClN4O4. The molecule has 130 valence electrons. The van der Waals surface area contributed by atoms with Crippen LogP contribution in [0.25, 0.3) is 0 Å². The molecule has 0 radical (unpaired) electrons. The summed E-state index contributed by atoms with van der Waals surface area (Å²) in [6.45, 7) is 0.487. The third-order valence-corrected chi connectivity index (χ3v) is 3.41. The minimum atomic E-state index is -0.594. The summed E-state index contributed by atoms with van der Waals surface area (Å²) in [5.74, 6) is 0.0360. The Kier molecular flexibility index (Phi) is 6.55. The Morgan fingerprint density at radius 3 is 2.52 bits per heavy atom. The van der Waals surface area contributed by atoms with Gasteiger partial charge in [-0.05, 0) is 36.8 Å². The highest BCUT2D eigenvalue weighted by Gasteiger charge is 2.12. The largest absolute Gasteiger partial charge is 0.507 e. The maximum Gasteiger partial charge on any atom is 0.290 e. The van der Waals surface area contributed by atoms with Gasteiger partial charge in [-0.2, -0.15) is 10.2 Å². The van der Waals surface area contributed by atoms with Gasteiger partial charge in [0.1, 0.15) is 10.8 Å². The Morgan fingerprint density at radius 1 is 1.16 bits per heavy atom. The lowest BCUT2D eigenvalue weighted by Gasteiger charge is -2.00. The maximum atomic E-state index is 10.9.